The number of hydrogen-bond acceptors (Lipinski definition) is 11. The van der Waals surface area contributed by atoms with Crippen LogP contribution in [0, 0.1) is 17.8 Å². The zero-order chi connectivity index (χ0) is 36.1. The quantitative estimate of drug-likeness (QED) is 0.145. The number of aryl methyl sites for hydroxylation is 1. The summed E-state index contributed by atoms with van der Waals surface area (Å²) in [4.78, 5) is 49.6. The number of carbonyl (C=O) groups is 3. The third-order valence-corrected chi connectivity index (χ3v) is 12.1. The van der Waals surface area contributed by atoms with Crippen LogP contribution in [-0.4, -0.2) is 113 Å². The molecule has 2 aliphatic heterocycles. The number of ketones is 1. The van der Waals surface area contributed by atoms with Gasteiger partial charge in [-0.05, 0) is 78.2 Å². The predicted octanol–water partition coefficient (Wildman–Crippen LogP) is 5.43. The third kappa shape index (κ3) is 8.39. The standard InChI is InChI=1S/C35H55BN6O6S/c1-10-28-34(7)30(42(33(45)48-34)18-12-11-17-41-21-27(38-39-41)31-37-16-20-49-31)25(5)40(8)19-14-22(2)13-15-35(36,26(6)46-9)24(4)29(43)23(3)32(44)47-28/h16,20-26,28,30H,10-15,17-19H2,1-9H3/t22-,23+,24-,25-,26?,28+,30+,34+,35-/m0/s1. The second-order valence-corrected chi connectivity index (χ2v) is 15.3. The van der Waals surface area contributed by atoms with Crippen LogP contribution in [0.3, 0.4) is 0 Å². The molecule has 0 N–H and O–H groups in total. The lowest BCUT2D eigenvalue weighted by Crippen LogP contribution is -2.61. The fourth-order valence-corrected chi connectivity index (χ4v) is 8.06. The van der Waals surface area contributed by atoms with Crippen molar-refractivity contribution in [3.8, 4) is 10.7 Å². The van der Waals surface area contributed by atoms with Crippen molar-refractivity contribution in [3.63, 3.8) is 0 Å². The molecule has 0 aromatic carbocycles. The first-order chi connectivity index (χ1) is 23.2. The molecule has 0 bridgehead atoms. The van der Waals surface area contributed by atoms with Crippen molar-refractivity contribution >= 4 is 37.0 Å². The molecule has 270 valence electrons. The number of thiazole rings is 1. The molecule has 14 heteroatoms. The average Bonchev–Trinajstić information content (AvgIpc) is 3.84. The summed E-state index contributed by atoms with van der Waals surface area (Å²) < 4.78 is 19.8. The summed E-state index contributed by atoms with van der Waals surface area (Å²) >= 11 is 1.52. The minimum absolute atomic E-state index is 0.123. The molecule has 2 aromatic rings. The van der Waals surface area contributed by atoms with Crippen LogP contribution in [0.15, 0.2) is 17.8 Å². The Bertz CT molecular complexity index is 1410. The smallest absolute Gasteiger partial charge is 0.410 e. The second-order valence-electron chi connectivity index (χ2n) is 14.4. The Morgan fingerprint density at radius 2 is 1.86 bits per heavy atom. The SMILES string of the molecule is [B][C@@]1(C(C)OC)CC[C@H](C)CCN(C)[C@@H](C)[C@H]2N(CCCCn3cc(-c4nccs4)nn3)C(=O)O[C@]2(C)[C@@H](CC)OC(=O)[C@H](C)C(=O)[C@@H]1C. The summed E-state index contributed by atoms with van der Waals surface area (Å²) in [6, 6.07) is -0.528. The lowest BCUT2D eigenvalue weighted by molar-refractivity contribution is -0.171. The van der Waals surface area contributed by atoms with Crippen LogP contribution < -0.4 is 0 Å². The summed E-state index contributed by atoms with van der Waals surface area (Å²) in [6.45, 7) is 15.2. The van der Waals surface area contributed by atoms with Crippen molar-refractivity contribution in [2.24, 2.45) is 17.8 Å². The molecule has 0 saturated carbocycles. The summed E-state index contributed by atoms with van der Waals surface area (Å²) in [5, 5.41) is 10.3. The highest BCUT2D eigenvalue weighted by atomic mass is 32.1. The number of rotatable bonds is 9. The van der Waals surface area contributed by atoms with Crippen LogP contribution in [-0.2, 0) is 30.3 Å². The minimum Gasteiger partial charge on any atom is -0.458 e. The maximum Gasteiger partial charge on any atom is 0.410 e. The van der Waals surface area contributed by atoms with E-state index in [4.69, 9.17) is 22.1 Å². The highest BCUT2D eigenvalue weighted by Gasteiger charge is 2.59. The molecular formula is C35H55BN6O6S. The largest absolute Gasteiger partial charge is 0.458 e. The minimum atomic E-state index is -1.15. The number of nitrogens with zero attached hydrogens (tertiary/aromatic N) is 6. The van der Waals surface area contributed by atoms with E-state index in [1.807, 2.05) is 32.3 Å². The van der Waals surface area contributed by atoms with Gasteiger partial charge in [0, 0.05) is 43.7 Å². The molecule has 1 amide bonds. The zero-order valence-electron chi connectivity index (χ0n) is 30.8. The van der Waals surface area contributed by atoms with Gasteiger partial charge in [-0.2, -0.15) is 0 Å². The van der Waals surface area contributed by atoms with Crippen molar-refractivity contribution in [1.29, 1.82) is 0 Å². The molecule has 9 atom stereocenters. The summed E-state index contributed by atoms with van der Waals surface area (Å²) in [5.74, 6) is -2.30. The van der Waals surface area contributed by atoms with Crippen LogP contribution in [0.4, 0.5) is 4.79 Å². The Morgan fingerprint density at radius 3 is 2.51 bits per heavy atom. The van der Waals surface area contributed by atoms with E-state index in [9.17, 15) is 14.4 Å². The summed E-state index contributed by atoms with van der Waals surface area (Å²) in [7, 11) is 10.6. The van der Waals surface area contributed by atoms with Crippen molar-refractivity contribution in [1.82, 2.24) is 29.8 Å². The maximum absolute atomic E-state index is 13.8. The van der Waals surface area contributed by atoms with Gasteiger partial charge < -0.3 is 19.1 Å². The van der Waals surface area contributed by atoms with E-state index in [2.05, 4.69) is 41.1 Å². The lowest BCUT2D eigenvalue weighted by Gasteiger charge is -2.44. The normalized spacial score (nSPS) is 33.2. The highest BCUT2D eigenvalue weighted by molar-refractivity contribution is 7.13. The van der Waals surface area contributed by atoms with Crippen molar-refractivity contribution < 1.29 is 28.6 Å². The monoisotopic (exact) mass is 698 g/mol. The van der Waals surface area contributed by atoms with Gasteiger partial charge >= 0.3 is 12.1 Å². The fourth-order valence-electron chi connectivity index (χ4n) is 7.47. The van der Waals surface area contributed by atoms with Crippen molar-refractivity contribution in [2.75, 3.05) is 27.2 Å². The first-order valence-electron chi connectivity index (χ1n) is 17.7. The van der Waals surface area contributed by atoms with Gasteiger partial charge in [0.2, 0.25) is 0 Å². The molecule has 4 rings (SSSR count). The van der Waals surface area contributed by atoms with Gasteiger partial charge in [0.1, 0.15) is 28.5 Å². The molecular weight excluding hydrogens is 643 g/mol. The van der Waals surface area contributed by atoms with E-state index in [0.717, 1.165) is 36.5 Å². The molecule has 2 aliphatic rings. The number of amides is 1. The Kier molecular flexibility index (Phi) is 13.1. The van der Waals surface area contributed by atoms with Gasteiger partial charge in [-0.25, -0.2) is 9.78 Å². The first-order valence-corrected chi connectivity index (χ1v) is 18.6. The van der Waals surface area contributed by atoms with Crippen molar-refractivity contribution in [2.45, 2.75) is 129 Å². The van der Waals surface area contributed by atoms with E-state index < -0.39 is 53.1 Å². The third-order valence-electron chi connectivity index (χ3n) is 11.3. The Morgan fingerprint density at radius 1 is 1.14 bits per heavy atom. The molecule has 2 fully saturated rings. The number of likely N-dealkylation sites (N-methyl/N-ethyl adjacent to an activating group) is 1. The molecule has 4 heterocycles. The van der Waals surface area contributed by atoms with Crippen LogP contribution in [0.5, 0.6) is 0 Å². The molecule has 12 nitrogen and oxygen atoms in total. The van der Waals surface area contributed by atoms with E-state index in [1.54, 1.807) is 36.7 Å². The Hall–Kier alpha value is -2.84. The van der Waals surface area contributed by atoms with E-state index in [-0.39, 0.29) is 11.8 Å². The zero-order valence-corrected chi connectivity index (χ0v) is 31.6. The van der Waals surface area contributed by atoms with E-state index in [1.165, 1.54) is 11.3 Å². The first kappa shape index (κ1) is 39.0. The number of fused-ring (bicyclic) bond motifs is 1. The van der Waals surface area contributed by atoms with Crippen LogP contribution in [0.1, 0.15) is 87.0 Å². The molecule has 0 spiro atoms. The van der Waals surface area contributed by atoms with E-state index in [0.29, 0.717) is 38.3 Å². The van der Waals surface area contributed by atoms with Crippen LogP contribution in [0.2, 0.25) is 5.31 Å². The van der Waals surface area contributed by atoms with Gasteiger partial charge in [-0.1, -0.05) is 38.8 Å². The maximum atomic E-state index is 13.8. The number of esters is 1. The van der Waals surface area contributed by atoms with Crippen LogP contribution in [0.25, 0.3) is 10.7 Å². The number of ether oxygens (including phenoxy) is 3. The number of Topliss-reactive ketones (excluding diaryl/α,β-unsaturated/α-hetero) is 1. The Labute approximate surface area is 297 Å². The van der Waals surface area contributed by atoms with Gasteiger partial charge in [-0.3, -0.25) is 19.2 Å². The molecule has 49 heavy (non-hydrogen) atoms. The number of unbranched alkanes of at least 4 members (excludes halogenated alkanes) is 1. The van der Waals surface area contributed by atoms with Crippen LogP contribution >= 0.6 is 11.3 Å². The molecule has 0 aliphatic carbocycles. The summed E-state index contributed by atoms with van der Waals surface area (Å²) in [5.41, 5.74) is -0.410. The molecule has 2 aromatic heterocycles. The number of cyclic esters (lactones) is 1. The second kappa shape index (κ2) is 16.5. The topological polar surface area (TPSA) is 129 Å². The van der Waals surface area contributed by atoms with Crippen molar-refractivity contribution in [3.05, 3.63) is 17.8 Å². The lowest BCUT2D eigenvalue weighted by atomic mass is 9.53. The predicted molar refractivity (Wildman–Crippen MR) is 189 cm³/mol. The van der Waals surface area contributed by atoms with Gasteiger partial charge in [0.05, 0.1) is 26.2 Å². The number of methoxy groups -OCH3 is 1. The molecule has 2 saturated heterocycles. The van der Waals surface area contributed by atoms with E-state index >= 15 is 0 Å². The summed E-state index contributed by atoms with van der Waals surface area (Å²) in [6.07, 6.45) is 6.19. The fraction of sp³-hybridized carbons (Fsp3) is 0.771. The van der Waals surface area contributed by atoms with Gasteiger partial charge in [0.15, 0.2) is 5.60 Å². The van der Waals surface area contributed by atoms with Gasteiger partial charge in [-0.15, -0.1) is 16.4 Å². The highest BCUT2D eigenvalue weighted by Crippen LogP contribution is 2.45. The van der Waals surface area contributed by atoms with Gasteiger partial charge in [0.25, 0.3) is 0 Å². The molecule has 2 radical (unpaired) electrons. The number of hydrogen-bond donors (Lipinski definition) is 0. The number of aromatic nitrogens is 4. The Balaban J connectivity index is 1.56. The molecule has 1 unspecified atom stereocenters. The number of carbonyl (C=O) groups excluding carboxylic acids is 3. The average molecular weight is 699 g/mol.